The molecule has 1 aromatic heterocycles. The number of carboxylic acid groups (broad SMARTS) is 1. The summed E-state index contributed by atoms with van der Waals surface area (Å²) in [5.41, 5.74) is 0.391. The van der Waals surface area contributed by atoms with Crippen LogP contribution in [0.5, 0.6) is 5.75 Å². The van der Waals surface area contributed by atoms with Crippen molar-refractivity contribution in [1.29, 1.82) is 0 Å². The summed E-state index contributed by atoms with van der Waals surface area (Å²) >= 11 is 0. The average Bonchev–Trinajstić information content (AvgIpc) is 2.93. The van der Waals surface area contributed by atoms with E-state index in [-0.39, 0.29) is 69.6 Å². The summed E-state index contributed by atoms with van der Waals surface area (Å²) in [4.78, 5) is 70.5. The van der Waals surface area contributed by atoms with Crippen LogP contribution in [0.4, 0.5) is 4.79 Å². The van der Waals surface area contributed by atoms with Gasteiger partial charge >= 0.3 is 12.1 Å². The molecule has 0 aliphatic carbocycles. The average molecular weight is 544 g/mol. The lowest BCUT2D eigenvalue weighted by Crippen LogP contribution is -2.56. The topological polar surface area (TPSA) is 159 Å². The lowest BCUT2D eigenvalue weighted by Gasteiger charge is -2.35. The Kier molecular flexibility index (Phi) is 10.0. The van der Waals surface area contributed by atoms with Crippen molar-refractivity contribution in [3.8, 4) is 5.75 Å². The van der Waals surface area contributed by atoms with Crippen LogP contribution in [0.1, 0.15) is 30.3 Å². The minimum Gasteiger partial charge on any atom is -0.483 e. The Morgan fingerprint density at radius 1 is 1.08 bits per heavy atom. The van der Waals surface area contributed by atoms with Crippen LogP contribution in [0, 0.1) is 0 Å². The maximum atomic E-state index is 13.3. The predicted molar refractivity (Wildman–Crippen MR) is 139 cm³/mol. The van der Waals surface area contributed by atoms with E-state index in [1.54, 1.807) is 45.3 Å². The normalized spacial score (nSPS) is 13.9. The van der Waals surface area contributed by atoms with Gasteiger partial charge in [-0.15, -0.1) is 0 Å². The van der Waals surface area contributed by atoms with Crippen molar-refractivity contribution in [2.24, 2.45) is 0 Å². The zero-order valence-corrected chi connectivity index (χ0v) is 22.2. The standard InChI is InChI=1S/C26H33N5O8/c1-4-38-26(37)31-13-11-30(12-14-31)25(36)19(9-10-23(33)34)28-24(35)20-15-21(39-16-22(32)29(2)3)17-7-5-6-8-18(17)27-20/h5-8,15,19H,4,9-14,16H2,1-3H3,(H,28,35)(H,33,34). The Hall–Kier alpha value is -4.42. The van der Waals surface area contributed by atoms with Crippen molar-refractivity contribution < 1.29 is 38.6 Å². The van der Waals surface area contributed by atoms with Gasteiger partial charge in [-0.05, 0) is 25.5 Å². The van der Waals surface area contributed by atoms with Gasteiger partial charge in [0.2, 0.25) is 5.91 Å². The van der Waals surface area contributed by atoms with E-state index in [2.05, 4.69) is 10.3 Å². The molecule has 1 fully saturated rings. The molecule has 1 saturated heterocycles. The monoisotopic (exact) mass is 543 g/mol. The number of carbonyl (C=O) groups excluding carboxylic acids is 4. The van der Waals surface area contributed by atoms with E-state index in [0.717, 1.165) is 0 Å². The molecular weight excluding hydrogens is 510 g/mol. The van der Waals surface area contributed by atoms with Crippen molar-refractivity contribution in [3.63, 3.8) is 0 Å². The Balaban J connectivity index is 1.78. The summed E-state index contributed by atoms with van der Waals surface area (Å²) < 4.78 is 10.7. The number of nitrogens with one attached hydrogen (secondary N) is 1. The number of benzene rings is 1. The van der Waals surface area contributed by atoms with Crippen molar-refractivity contribution in [2.75, 3.05) is 53.5 Å². The van der Waals surface area contributed by atoms with Crippen LogP contribution in [0.3, 0.4) is 0 Å². The zero-order valence-electron chi connectivity index (χ0n) is 22.2. The first-order valence-electron chi connectivity index (χ1n) is 12.6. The smallest absolute Gasteiger partial charge is 0.409 e. The summed E-state index contributed by atoms with van der Waals surface area (Å²) in [6.07, 6.45) is -0.939. The fourth-order valence-electron chi connectivity index (χ4n) is 3.95. The maximum absolute atomic E-state index is 13.3. The third-order valence-electron chi connectivity index (χ3n) is 6.13. The number of para-hydroxylation sites is 1. The van der Waals surface area contributed by atoms with Gasteiger partial charge in [-0.25, -0.2) is 9.78 Å². The fraction of sp³-hybridized carbons (Fsp3) is 0.462. The molecule has 1 aliphatic heterocycles. The van der Waals surface area contributed by atoms with E-state index in [9.17, 15) is 29.1 Å². The van der Waals surface area contributed by atoms with Crippen LogP contribution >= 0.6 is 0 Å². The van der Waals surface area contributed by atoms with E-state index in [0.29, 0.717) is 10.9 Å². The van der Waals surface area contributed by atoms with Gasteiger partial charge in [0.25, 0.3) is 11.8 Å². The molecule has 1 atom stereocenters. The largest absolute Gasteiger partial charge is 0.483 e. The first-order chi connectivity index (χ1) is 18.6. The highest BCUT2D eigenvalue weighted by Crippen LogP contribution is 2.25. The molecule has 2 N–H and O–H groups in total. The van der Waals surface area contributed by atoms with Gasteiger partial charge in [-0.2, -0.15) is 0 Å². The second kappa shape index (κ2) is 13.4. The summed E-state index contributed by atoms with van der Waals surface area (Å²) in [7, 11) is 3.19. The summed E-state index contributed by atoms with van der Waals surface area (Å²) in [5, 5.41) is 12.4. The summed E-state index contributed by atoms with van der Waals surface area (Å²) in [6, 6.07) is 7.19. The molecule has 39 heavy (non-hydrogen) atoms. The highest BCUT2D eigenvalue weighted by molar-refractivity contribution is 5.99. The Bertz CT molecular complexity index is 1230. The number of rotatable bonds is 10. The third kappa shape index (κ3) is 7.79. The predicted octanol–water partition coefficient (Wildman–Crippen LogP) is 0.966. The molecule has 0 spiro atoms. The van der Waals surface area contributed by atoms with Crippen molar-refractivity contribution in [2.45, 2.75) is 25.8 Å². The molecule has 4 amide bonds. The van der Waals surface area contributed by atoms with Crippen LogP contribution < -0.4 is 10.1 Å². The number of piperazine rings is 1. The number of aromatic nitrogens is 1. The number of amides is 4. The fourth-order valence-corrected chi connectivity index (χ4v) is 3.95. The van der Waals surface area contributed by atoms with E-state index in [4.69, 9.17) is 9.47 Å². The zero-order chi connectivity index (χ0) is 28.5. The number of nitrogens with zero attached hydrogens (tertiary/aromatic N) is 4. The molecule has 0 radical (unpaired) electrons. The number of hydrogen-bond acceptors (Lipinski definition) is 8. The van der Waals surface area contributed by atoms with Crippen molar-refractivity contribution in [3.05, 3.63) is 36.0 Å². The number of likely N-dealkylation sites (N-methyl/N-ethyl adjacent to an activating group) is 1. The molecule has 1 aromatic carbocycles. The van der Waals surface area contributed by atoms with Crippen LogP contribution in [0.15, 0.2) is 30.3 Å². The van der Waals surface area contributed by atoms with Gasteiger partial charge in [0.05, 0.1) is 12.1 Å². The quantitative estimate of drug-likeness (QED) is 0.445. The highest BCUT2D eigenvalue weighted by Gasteiger charge is 2.31. The van der Waals surface area contributed by atoms with Crippen LogP contribution in [-0.4, -0.2) is 114 Å². The van der Waals surface area contributed by atoms with E-state index in [1.165, 1.54) is 20.8 Å². The Morgan fingerprint density at radius 3 is 2.38 bits per heavy atom. The van der Waals surface area contributed by atoms with E-state index >= 15 is 0 Å². The van der Waals surface area contributed by atoms with Crippen LogP contribution in [0.2, 0.25) is 0 Å². The van der Waals surface area contributed by atoms with E-state index in [1.807, 2.05) is 0 Å². The Morgan fingerprint density at radius 2 is 1.74 bits per heavy atom. The summed E-state index contributed by atoms with van der Waals surface area (Å²) in [6.45, 7) is 2.62. The third-order valence-corrected chi connectivity index (χ3v) is 6.13. The SMILES string of the molecule is CCOC(=O)N1CCN(C(=O)C(CCC(=O)O)NC(=O)c2cc(OCC(=O)N(C)C)c3ccccc3n2)CC1. The van der Waals surface area contributed by atoms with Crippen molar-refractivity contribution in [1.82, 2.24) is 25.0 Å². The molecule has 2 aromatic rings. The summed E-state index contributed by atoms with van der Waals surface area (Å²) in [5.74, 6) is -2.27. The molecule has 3 rings (SSSR count). The van der Waals surface area contributed by atoms with E-state index < -0.39 is 29.9 Å². The first kappa shape index (κ1) is 29.1. The number of fused-ring (bicyclic) bond motifs is 1. The lowest BCUT2D eigenvalue weighted by atomic mass is 10.1. The number of hydrogen-bond donors (Lipinski definition) is 2. The maximum Gasteiger partial charge on any atom is 0.409 e. The number of aliphatic carboxylic acids is 1. The Labute approximate surface area is 225 Å². The minimum absolute atomic E-state index is 0.0544. The van der Waals surface area contributed by atoms with Gasteiger partial charge in [0.15, 0.2) is 6.61 Å². The highest BCUT2D eigenvalue weighted by atomic mass is 16.6. The van der Waals surface area contributed by atoms with Gasteiger partial charge in [0, 0.05) is 58.1 Å². The van der Waals surface area contributed by atoms with Crippen LogP contribution in [-0.2, 0) is 19.1 Å². The van der Waals surface area contributed by atoms with Gasteiger partial charge < -0.3 is 34.6 Å². The molecule has 1 unspecified atom stereocenters. The second-order valence-electron chi connectivity index (χ2n) is 9.07. The van der Waals surface area contributed by atoms with Gasteiger partial charge in [-0.3, -0.25) is 19.2 Å². The molecule has 13 heteroatoms. The number of pyridine rings is 1. The molecule has 0 saturated carbocycles. The second-order valence-corrected chi connectivity index (χ2v) is 9.07. The lowest BCUT2D eigenvalue weighted by molar-refractivity contribution is -0.138. The minimum atomic E-state index is -1.13. The van der Waals surface area contributed by atoms with Crippen molar-refractivity contribution >= 4 is 40.7 Å². The number of ether oxygens (including phenoxy) is 2. The molecular formula is C26H33N5O8. The molecule has 2 heterocycles. The first-order valence-corrected chi connectivity index (χ1v) is 12.6. The molecule has 210 valence electrons. The molecule has 1 aliphatic rings. The molecule has 13 nitrogen and oxygen atoms in total. The number of carboxylic acids is 1. The van der Waals surface area contributed by atoms with Crippen LogP contribution in [0.25, 0.3) is 10.9 Å². The number of carbonyl (C=O) groups is 5. The van der Waals surface area contributed by atoms with Gasteiger partial charge in [-0.1, -0.05) is 12.1 Å². The molecule has 0 bridgehead atoms. The van der Waals surface area contributed by atoms with Gasteiger partial charge in [0.1, 0.15) is 17.5 Å².